The largest absolute Gasteiger partial charge is 0.419 e. The standard InChI is InChI=1S/C29H38N4O5/c1-6-19(2)26(37-18-29(3,36)13-14-31-4)27(34)32-23(17-30)15-20-7-9-21(10-8-20)22-11-12-25-24(16-22)33(5)28(35)38-25/h7-12,16,19,23,26,31,36H,6,13-15,18H2,1-5H3,(H,32,34). The quantitative estimate of drug-likeness (QED) is 0.314. The predicted octanol–water partition coefficient (Wildman–Crippen LogP) is 3.14. The summed E-state index contributed by atoms with van der Waals surface area (Å²) in [7, 11) is 3.48. The fraction of sp³-hybridized carbons (Fsp3) is 0.483. The second-order valence-electron chi connectivity index (χ2n) is 10.2. The van der Waals surface area contributed by atoms with Crippen LogP contribution in [-0.2, 0) is 23.0 Å². The molecule has 4 unspecified atom stereocenters. The van der Waals surface area contributed by atoms with Gasteiger partial charge in [0.2, 0.25) is 5.91 Å². The minimum absolute atomic E-state index is 0.0224. The highest BCUT2D eigenvalue weighted by atomic mass is 16.5. The van der Waals surface area contributed by atoms with E-state index < -0.39 is 23.5 Å². The Hall–Kier alpha value is -3.45. The number of nitriles is 1. The number of hydrogen-bond donors (Lipinski definition) is 3. The van der Waals surface area contributed by atoms with Crippen molar-refractivity contribution in [3.05, 3.63) is 58.6 Å². The number of hydrogen-bond acceptors (Lipinski definition) is 7. The summed E-state index contributed by atoms with van der Waals surface area (Å²) in [5, 5.41) is 26.1. The maximum atomic E-state index is 13.1. The molecular weight excluding hydrogens is 484 g/mol. The van der Waals surface area contributed by atoms with Gasteiger partial charge in [-0.15, -0.1) is 0 Å². The number of amides is 1. The van der Waals surface area contributed by atoms with Crippen LogP contribution < -0.4 is 16.4 Å². The highest BCUT2D eigenvalue weighted by Crippen LogP contribution is 2.25. The number of nitrogens with zero attached hydrogens (tertiary/aromatic N) is 2. The van der Waals surface area contributed by atoms with Gasteiger partial charge in [0.1, 0.15) is 12.1 Å². The third-order valence-electron chi connectivity index (χ3n) is 6.90. The van der Waals surface area contributed by atoms with Crippen molar-refractivity contribution in [1.29, 1.82) is 5.26 Å². The van der Waals surface area contributed by atoms with Gasteiger partial charge in [0.15, 0.2) is 5.58 Å². The highest BCUT2D eigenvalue weighted by molar-refractivity contribution is 5.82. The van der Waals surface area contributed by atoms with E-state index in [1.54, 1.807) is 20.0 Å². The Bertz CT molecular complexity index is 1320. The van der Waals surface area contributed by atoms with E-state index in [-0.39, 0.29) is 18.4 Å². The molecule has 0 aliphatic heterocycles. The molecule has 0 radical (unpaired) electrons. The monoisotopic (exact) mass is 522 g/mol. The first-order valence-corrected chi connectivity index (χ1v) is 13.0. The van der Waals surface area contributed by atoms with Gasteiger partial charge in [-0.1, -0.05) is 50.6 Å². The van der Waals surface area contributed by atoms with E-state index in [1.807, 2.05) is 57.3 Å². The molecule has 1 amide bonds. The van der Waals surface area contributed by atoms with Crippen LogP contribution in [0.25, 0.3) is 22.2 Å². The summed E-state index contributed by atoms with van der Waals surface area (Å²) >= 11 is 0. The van der Waals surface area contributed by atoms with Crippen molar-refractivity contribution in [2.45, 2.75) is 57.8 Å². The van der Waals surface area contributed by atoms with E-state index in [0.29, 0.717) is 36.9 Å². The van der Waals surface area contributed by atoms with Crippen molar-refractivity contribution in [2.24, 2.45) is 13.0 Å². The Morgan fingerprint density at radius 1 is 1.24 bits per heavy atom. The lowest BCUT2D eigenvalue weighted by molar-refractivity contribution is -0.143. The van der Waals surface area contributed by atoms with Gasteiger partial charge >= 0.3 is 5.76 Å². The van der Waals surface area contributed by atoms with Gasteiger partial charge in [-0.2, -0.15) is 5.26 Å². The van der Waals surface area contributed by atoms with E-state index in [0.717, 1.165) is 16.7 Å². The van der Waals surface area contributed by atoms with Crippen molar-refractivity contribution < 1.29 is 19.1 Å². The van der Waals surface area contributed by atoms with E-state index in [1.165, 1.54) is 4.57 Å². The molecule has 0 fully saturated rings. The smallest absolute Gasteiger partial charge is 0.408 e. The van der Waals surface area contributed by atoms with Crippen molar-refractivity contribution in [1.82, 2.24) is 15.2 Å². The van der Waals surface area contributed by atoms with Crippen LogP contribution in [0.1, 0.15) is 39.2 Å². The molecule has 0 spiro atoms. The summed E-state index contributed by atoms with van der Waals surface area (Å²) in [6, 6.07) is 14.8. The summed E-state index contributed by atoms with van der Waals surface area (Å²) in [6.07, 6.45) is 0.774. The number of aryl methyl sites for hydroxylation is 1. The van der Waals surface area contributed by atoms with Gasteiger partial charge in [0.05, 0.1) is 23.8 Å². The molecule has 0 bridgehead atoms. The van der Waals surface area contributed by atoms with Crippen LogP contribution in [-0.4, -0.2) is 53.5 Å². The van der Waals surface area contributed by atoms with E-state index in [4.69, 9.17) is 9.15 Å². The first-order chi connectivity index (χ1) is 18.1. The number of fused-ring (bicyclic) bond motifs is 1. The van der Waals surface area contributed by atoms with Crippen LogP contribution >= 0.6 is 0 Å². The number of benzene rings is 2. The van der Waals surface area contributed by atoms with E-state index in [9.17, 15) is 20.0 Å². The zero-order valence-electron chi connectivity index (χ0n) is 22.8. The fourth-order valence-corrected chi connectivity index (χ4v) is 4.21. The molecule has 9 heteroatoms. The molecule has 1 aromatic heterocycles. The van der Waals surface area contributed by atoms with Gasteiger partial charge in [-0.25, -0.2) is 4.79 Å². The molecule has 0 saturated heterocycles. The maximum absolute atomic E-state index is 13.1. The molecule has 1 heterocycles. The Labute approximate surface area is 223 Å². The normalized spacial score (nSPS) is 15.4. The van der Waals surface area contributed by atoms with Gasteiger partial charge < -0.3 is 24.9 Å². The van der Waals surface area contributed by atoms with Crippen molar-refractivity contribution in [2.75, 3.05) is 20.2 Å². The molecule has 38 heavy (non-hydrogen) atoms. The number of rotatable bonds is 13. The number of nitrogens with one attached hydrogen (secondary N) is 2. The lowest BCUT2D eigenvalue weighted by Gasteiger charge is -2.29. The van der Waals surface area contributed by atoms with Crippen molar-refractivity contribution in [3.63, 3.8) is 0 Å². The summed E-state index contributed by atoms with van der Waals surface area (Å²) in [5.74, 6) is -0.844. The van der Waals surface area contributed by atoms with Crippen molar-refractivity contribution in [3.8, 4) is 17.2 Å². The Balaban J connectivity index is 1.66. The second-order valence-corrected chi connectivity index (χ2v) is 10.2. The number of aliphatic hydroxyl groups is 1. The van der Waals surface area contributed by atoms with E-state index in [2.05, 4.69) is 16.7 Å². The zero-order valence-corrected chi connectivity index (χ0v) is 22.8. The predicted molar refractivity (Wildman–Crippen MR) is 147 cm³/mol. The fourth-order valence-electron chi connectivity index (χ4n) is 4.21. The molecule has 4 atom stereocenters. The van der Waals surface area contributed by atoms with Crippen LogP contribution in [0.3, 0.4) is 0 Å². The summed E-state index contributed by atoms with van der Waals surface area (Å²) in [6.45, 7) is 6.23. The third kappa shape index (κ3) is 7.32. The average Bonchev–Trinajstić information content (AvgIpc) is 3.19. The molecule has 2 aromatic carbocycles. The van der Waals surface area contributed by atoms with Crippen LogP contribution in [0, 0.1) is 17.2 Å². The molecule has 0 aliphatic carbocycles. The van der Waals surface area contributed by atoms with Crippen LogP contribution in [0.2, 0.25) is 0 Å². The Kier molecular flexibility index (Phi) is 9.86. The number of ether oxygens (including phenoxy) is 1. The number of carbonyl (C=O) groups is 1. The number of oxazole rings is 1. The maximum Gasteiger partial charge on any atom is 0.419 e. The highest BCUT2D eigenvalue weighted by Gasteiger charge is 2.30. The zero-order chi connectivity index (χ0) is 27.9. The molecule has 3 rings (SSSR count). The molecule has 204 valence electrons. The molecule has 0 aliphatic rings. The molecule has 3 N–H and O–H groups in total. The third-order valence-corrected chi connectivity index (χ3v) is 6.90. The number of carbonyl (C=O) groups excluding carboxylic acids is 1. The average molecular weight is 523 g/mol. The first-order valence-electron chi connectivity index (χ1n) is 13.0. The first kappa shape index (κ1) is 29.1. The van der Waals surface area contributed by atoms with Gasteiger partial charge in [0.25, 0.3) is 0 Å². The van der Waals surface area contributed by atoms with Gasteiger partial charge in [0, 0.05) is 13.5 Å². The van der Waals surface area contributed by atoms with Gasteiger partial charge in [-0.3, -0.25) is 9.36 Å². The summed E-state index contributed by atoms with van der Waals surface area (Å²) in [4.78, 5) is 24.9. The minimum atomic E-state index is -1.07. The Morgan fingerprint density at radius 3 is 2.55 bits per heavy atom. The van der Waals surface area contributed by atoms with Gasteiger partial charge in [-0.05, 0) is 61.7 Å². The number of aromatic nitrogens is 1. The lowest BCUT2D eigenvalue weighted by atomic mass is 9.98. The second kappa shape index (κ2) is 12.9. The summed E-state index contributed by atoms with van der Waals surface area (Å²) < 4.78 is 12.6. The molecular formula is C29H38N4O5. The lowest BCUT2D eigenvalue weighted by Crippen LogP contribution is -2.47. The van der Waals surface area contributed by atoms with Crippen LogP contribution in [0.4, 0.5) is 0 Å². The molecule has 0 saturated carbocycles. The van der Waals surface area contributed by atoms with Crippen LogP contribution in [0.5, 0.6) is 0 Å². The Morgan fingerprint density at radius 2 is 1.92 bits per heavy atom. The summed E-state index contributed by atoms with van der Waals surface area (Å²) in [5.41, 5.74) is 2.97. The van der Waals surface area contributed by atoms with Crippen LogP contribution in [0.15, 0.2) is 51.7 Å². The van der Waals surface area contributed by atoms with Crippen molar-refractivity contribution >= 4 is 17.0 Å². The minimum Gasteiger partial charge on any atom is -0.408 e. The molecule has 3 aromatic rings. The SMILES string of the molecule is CCC(C)C(OCC(C)(O)CCNC)C(=O)NC(C#N)Cc1ccc(-c2ccc3oc(=O)n(C)c3c2)cc1. The topological polar surface area (TPSA) is 130 Å². The van der Waals surface area contributed by atoms with E-state index >= 15 is 0 Å². The molecule has 9 nitrogen and oxygen atoms in total.